The Hall–Kier alpha value is 0.647. The number of halogens is 1. The van der Waals surface area contributed by atoms with Gasteiger partial charge in [-0.05, 0) is 69.5 Å². The van der Waals surface area contributed by atoms with Crippen LogP contribution in [-0.2, 0) is 4.43 Å². The summed E-state index contributed by atoms with van der Waals surface area (Å²) in [7, 11) is -1.63. The third-order valence-corrected chi connectivity index (χ3v) is 11.4. The maximum Gasteiger partial charge on any atom is 0.192 e. The highest BCUT2D eigenvalue weighted by Crippen LogP contribution is 2.47. The second kappa shape index (κ2) is 5.21. The Morgan fingerprint density at radius 3 is 2.17 bits per heavy atom. The van der Waals surface area contributed by atoms with Crippen LogP contribution >= 0.6 is 22.6 Å². The quantitative estimate of drug-likeness (QED) is 0.428. The van der Waals surface area contributed by atoms with Crippen LogP contribution in [0.1, 0.15) is 54.4 Å². The fourth-order valence-electron chi connectivity index (χ4n) is 2.42. The number of hydrogen-bond acceptors (Lipinski definition) is 1. The van der Waals surface area contributed by atoms with E-state index in [1.54, 1.807) is 0 Å². The molecule has 0 fully saturated rings. The zero-order valence-electron chi connectivity index (χ0n) is 13.3. The molecule has 1 aliphatic carbocycles. The highest BCUT2D eigenvalue weighted by molar-refractivity contribution is 14.1. The molecule has 1 rings (SSSR count). The molecule has 0 radical (unpaired) electrons. The number of rotatable bonds is 2. The Labute approximate surface area is 128 Å². The van der Waals surface area contributed by atoms with Crippen molar-refractivity contribution < 1.29 is 4.43 Å². The first-order chi connectivity index (χ1) is 7.87. The van der Waals surface area contributed by atoms with Crippen LogP contribution in [0, 0.1) is 5.41 Å². The summed E-state index contributed by atoms with van der Waals surface area (Å²) in [6.07, 6.45) is 2.70. The van der Waals surface area contributed by atoms with E-state index >= 15 is 0 Å². The van der Waals surface area contributed by atoms with E-state index < -0.39 is 8.32 Å². The van der Waals surface area contributed by atoms with Crippen LogP contribution in [-0.4, -0.2) is 14.4 Å². The minimum atomic E-state index is -1.63. The van der Waals surface area contributed by atoms with E-state index in [0.717, 1.165) is 12.8 Å². The lowest BCUT2D eigenvalue weighted by Gasteiger charge is -2.43. The molecule has 0 aromatic carbocycles. The van der Waals surface area contributed by atoms with Gasteiger partial charge in [-0.2, -0.15) is 0 Å². The fraction of sp³-hybridized carbons (Fsp3) is 0.867. The van der Waals surface area contributed by atoms with E-state index in [4.69, 9.17) is 4.43 Å². The molecule has 0 unspecified atom stereocenters. The normalized spacial score (nSPS) is 25.5. The lowest BCUT2D eigenvalue weighted by atomic mass is 9.78. The van der Waals surface area contributed by atoms with Gasteiger partial charge in [-0.25, -0.2) is 0 Å². The lowest BCUT2D eigenvalue weighted by molar-refractivity contribution is 0.127. The van der Waals surface area contributed by atoms with Gasteiger partial charge in [-0.1, -0.05) is 40.2 Å². The van der Waals surface area contributed by atoms with Crippen molar-refractivity contribution in [3.8, 4) is 0 Å². The molecule has 0 heterocycles. The highest BCUT2D eigenvalue weighted by atomic mass is 127. The van der Waals surface area contributed by atoms with Gasteiger partial charge in [0.15, 0.2) is 8.32 Å². The van der Waals surface area contributed by atoms with E-state index in [-0.39, 0.29) is 5.41 Å². The van der Waals surface area contributed by atoms with Crippen LogP contribution in [0.2, 0.25) is 18.1 Å². The third kappa shape index (κ3) is 3.60. The predicted molar refractivity (Wildman–Crippen MR) is 91.8 cm³/mol. The minimum Gasteiger partial charge on any atom is -0.414 e. The number of allylic oxidation sites excluding steroid dienone is 1. The molecule has 0 bridgehead atoms. The first kappa shape index (κ1) is 16.7. The van der Waals surface area contributed by atoms with Gasteiger partial charge in [-0.3, -0.25) is 0 Å². The van der Waals surface area contributed by atoms with Gasteiger partial charge >= 0.3 is 0 Å². The van der Waals surface area contributed by atoms with Crippen LogP contribution in [0.3, 0.4) is 0 Å². The molecule has 0 aliphatic heterocycles. The van der Waals surface area contributed by atoms with Crippen LogP contribution < -0.4 is 0 Å². The predicted octanol–water partition coefficient (Wildman–Crippen LogP) is 5.91. The summed E-state index contributed by atoms with van der Waals surface area (Å²) in [5.41, 5.74) is 1.81. The zero-order valence-corrected chi connectivity index (χ0v) is 16.4. The van der Waals surface area contributed by atoms with Gasteiger partial charge in [0.2, 0.25) is 0 Å². The Morgan fingerprint density at radius 1 is 1.28 bits per heavy atom. The molecule has 18 heavy (non-hydrogen) atoms. The van der Waals surface area contributed by atoms with E-state index in [1.807, 2.05) is 0 Å². The molecule has 0 saturated carbocycles. The average molecular weight is 380 g/mol. The molecule has 0 saturated heterocycles. The molecule has 1 nitrogen and oxygen atoms in total. The molecule has 0 spiro atoms. The maximum absolute atomic E-state index is 6.60. The van der Waals surface area contributed by atoms with Crippen molar-refractivity contribution in [1.29, 1.82) is 0 Å². The monoisotopic (exact) mass is 380 g/mol. The van der Waals surface area contributed by atoms with Gasteiger partial charge in [-0.15, -0.1) is 0 Å². The van der Waals surface area contributed by atoms with Crippen molar-refractivity contribution in [1.82, 2.24) is 0 Å². The Kier molecular flexibility index (Phi) is 4.83. The summed E-state index contributed by atoms with van der Waals surface area (Å²) < 4.78 is 8.14. The second-order valence-electron chi connectivity index (χ2n) is 7.89. The topological polar surface area (TPSA) is 9.23 Å². The summed E-state index contributed by atoms with van der Waals surface area (Å²) in [5, 5.41) is 0.305. The van der Waals surface area contributed by atoms with E-state index in [2.05, 4.69) is 77.2 Å². The molecule has 106 valence electrons. The van der Waals surface area contributed by atoms with Gasteiger partial charge in [0.1, 0.15) is 0 Å². The van der Waals surface area contributed by atoms with E-state index in [9.17, 15) is 0 Å². The van der Waals surface area contributed by atoms with Crippen LogP contribution in [0.25, 0.3) is 0 Å². The van der Waals surface area contributed by atoms with Crippen molar-refractivity contribution in [2.45, 2.75) is 78.6 Å². The summed E-state index contributed by atoms with van der Waals surface area (Å²) in [6, 6.07) is 0. The summed E-state index contributed by atoms with van der Waals surface area (Å²) in [5.74, 6) is 0. The largest absolute Gasteiger partial charge is 0.414 e. The summed E-state index contributed by atoms with van der Waals surface area (Å²) >= 11 is 2.52. The molecule has 3 heteroatoms. The summed E-state index contributed by atoms with van der Waals surface area (Å²) in [4.78, 5) is 0. The molecular weight excluding hydrogens is 351 g/mol. The molecule has 0 amide bonds. The first-order valence-electron chi connectivity index (χ1n) is 6.90. The van der Waals surface area contributed by atoms with Gasteiger partial charge in [0.05, 0.1) is 0 Å². The van der Waals surface area contributed by atoms with Crippen LogP contribution in [0.4, 0.5) is 0 Å². The molecular formula is C15H29IOSi. The summed E-state index contributed by atoms with van der Waals surface area (Å²) in [6.45, 7) is 18.6. The van der Waals surface area contributed by atoms with Crippen LogP contribution in [0.15, 0.2) is 9.15 Å². The molecule has 1 aliphatic rings. The smallest absolute Gasteiger partial charge is 0.192 e. The van der Waals surface area contributed by atoms with Crippen molar-refractivity contribution in [2.75, 3.05) is 0 Å². The molecule has 1 atom stereocenters. The van der Waals surface area contributed by atoms with Crippen molar-refractivity contribution >= 4 is 30.9 Å². The zero-order chi connectivity index (χ0) is 14.4. The van der Waals surface area contributed by atoms with Crippen LogP contribution in [0.5, 0.6) is 0 Å². The average Bonchev–Trinajstić information content (AvgIpc) is 2.10. The Bertz CT molecular complexity index is 350. The second-order valence-corrected chi connectivity index (χ2v) is 13.7. The van der Waals surface area contributed by atoms with E-state index in [1.165, 1.54) is 9.15 Å². The molecule has 0 aromatic heterocycles. The van der Waals surface area contributed by atoms with Crippen molar-refractivity contribution in [3.63, 3.8) is 0 Å². The highest BCUT2D eigenvalue weighted by Gasteiger charge is 2.42. The van der Waals surface area contributed by atoms with Gasteiger partial charge < -0.3 is 4.43 Å². The Morgan fingerprint density at radius 2 is 1.78 bits per heavy atom. The van der Waals surface area contributed by atoms with E-state index in [0.29, 0.717) is 11.1 Å². The van der Waals surface area contributed by atoms with Crippen molar-refractivity contribution in [2.24, 2.45) is 5.41 Å². The maximum atomic E-state index is 6.60. The SMILES string of the molecule is CC1=C(I)C(C)(C)C[C@H](O[Si](C)(C)C(C)(C)C)C1. The minimum absolute atomic E-state index is 0.288. The third-order valence-electron chi connectivity index (χ3n) is 4.51. The van der Waals surface area contributed by atoms with Crippen molar-refractivity contribution in [3.05, 3.63) is 9.15 Å². The lowest BCUT2D eigenvalue weighted by Crippen LogP contribution is -2.45. The fourth-order valence-corrected chi connectivity index (χ4v) is 4.21. The Balaban J connectivity index is 2.85. The molecule has 0 N–H and O–H groups in total. The van der Waals surface area contributed by atoms with Gasteiger partial charge in [0.25, 0.3) is 0 Å². The van der Waals surface area contributed by atoms with Gasteiger partial charge in [0, 0.05) is 6.10 Å². The molecule has 0 aromatic rings. The first-order valence-corrected chi connectivity index (χ1v) is 10.9. The number of hydrogen-bond donors (Lipinski definition) is 0. The standard InChI is InChI=1S/C15H29IOSi/c1-11-9-12(10-15(5,6)13(11)16)17-18(7,8)14(2,3)4/h12H,9-10H2,1-8H3/t12-/m1/s1.